The van der Waals surface area contributed by atoms with Crippen molar-refractivity contribution in [3.8, 4) is 11.3 Å². The van der Waals surface area contributed by atoms with Gasteiger partial charge < -0.3 is 20.6 Å². The van der Waals surface area contributed by atoms with Crippen molar-refractivity contribution in [1.82, 2.24) is 29.5 Å². The molecule has 0 atom stereocenters. The molecular weight excluding hydrogens is 398 g/mol. The van der Waals surface area contributed by atoms with E-state index < -0.39 is 6.03 Å². The van der Waals surface area contributed by atoms with E-state index in [2.05, 4.69) is 35.7 Å². The zero-order valence-electron chi connectivity index (χ0n) is 16.7. The van der Waals surface area contributed by atoms with E-state index in [-0.39, 0.29) is 11.8 Å². The molecule has 5 heterocycles. The lowest BCUT2D eigenvalue weighted by atomic mass is 10.1. The molecule has 0 aliphatic carbocycles. The van der Waals surface area contributed by atoms with E-state index in [1.807, 2.05) is 30.5 Å². The Bertz CT molecular complexity index is 1410. The highest BCUT2D eigenvalue weighted by atomic mass is 16.5. The maximum atomic E-state index is 12.5. The molecule has 0 radical (unpaired) electrons. The molecule has 0 saturated heterocycles. The normalized spacial score (nSPS) is 11.5. The average Bonchev–Trinajstić information content (AvgIpc) is 3.48. The van der Waals surface area contributed by atoms with Gasteiger partial charge in [-0.05, 0) is 18.1 Å². The predicted octanol–water partition coefficient (Wildman–Crippen LogP) is 3.61. The number of fused-ring (bicyclic) bond motifs is 2. The van der Waals surface area contributed by atoms with Gasteiger partial charge in [0.15, 0.2) is 5.65 Å². The number of aromatic amines is 1. The number of H-pyrrole nitrogens is 1. The summed E-state index contributed by atoms with van der Waals surface area (Å²) in [5, 5.41) is 10.1. The number of amides is 2. The number of nitrogens with one attached hydrogen (secondary N) is 3. The molecule has 0 spiro atoms. The smallest absolute Gasteiger partial charge is 0.326 e. The van der Waals surface area contributed by atoms with E-state index >= 15 is 0 Å². The van der Waals surface area contributed by atoms with Crippen LogP contribution in [0.1, 0.15) is 25.5 Å². The summed E-state index contributed by atoms with van der Waals surface area (Å²) in [7, 11) is 0. The summed E-state index contributed by atoms with van der Waals surface area (Å²) < 4.78 is 7.01. The van der Waals surface area contributed by atoms with Crippen LogP contribution in [0, 0.1) is 0 Å². The fourth-order valence-electron chi connectivity index (χ4n) is 3.41. The van der Waals surface area contributed by atoms with Crippen molar-refractivity contribution in [2.45, 2.75) is 19.8 Å². The Hall–Kier alpha value is -4.41. The van der Waals surface area contributed by atoms with E-state index in [1.165, 1.54) is 6.33 Å². The standard InChI is InChI=1S/C20H19N9O2/c1-10(2)13-7-15(31-28-13)27-20(30)26-12-3-4-14(29-6-5-22-19(12)29)11-8-23-18-16(11)17(21)24-9-25-18/h3-10H,1-2H3,(H2,26,27,30)(H3,21,23,24,25). The second-order valence-electron chi connectivity index (χ2n) is 7.29. The summed E-state index contributed by atoms with van der Waals surface area (Å²) in [5.74, 6) is 0.846. The van der Waals surface area contributed by atoms with Crippen molar-refractivity contribution in [3.05, 3.63) is 48.8 Å². The van der Waals surface area contributed by atoms with Crippen LogP contribution in [0.3, 0.4) is 0 Å². The lowest BCUT2D eigenvalue weighted by Gasteiger charge is -2.10. The number of aromatic nitrogens is 6. The highest BCUT2D eigenvalue weighted by Crippen LogP contribution is 2.32. The van der Waals surface area contributed by atoms with Gasteiger partial charge in [-0.25, -0.2) is 19.7 Å². The molecule has 11 nitrogen and oxygen atoms in total. The van der Waals surface area contributed by atoms with Gasteiger partial charge in [-0.3, -0.25) is 9.72 Å². The van der Waals surface area contributed by atoms with Crippen molar-refractivity contribution < 1.29 is 9.32 Å². The lowest BCUT2D eigenvalue weighted by Crippen LogP contribution is -2.19. The lowest BCUT2D eigenvalue weighted by molar-refractivity contribution is 0.261. The number of nitrogens with two attached hydrogens (primary N) is 1. The van der Waals surface area contributed by atoms with Gasteiger partial charge in [0, 0.05) is 30.2 Å². The van der Waals surface area contributed by atoms with Crippen molar-refractivity contribution in [1.29, 1.82) is 0 Å². The van der Waals surface area contributed by atoms with Crippen LogP contribution in [0.5, 0.6) is 0 Å². The molecule has 5 N–H and O–H groups in total. The van der Waals surface area contributed by atoms with Crippen LogP contribution in [-0.4, -0.2) is 35.5 Å². The summed E-state index contributed by atoms with van der Waals surface area (Å²) in [6, 6.07) is 4.87. The quantitative estimate of drug-likeness (QED) is 0.348. The van der Waals surface area contributed by atoms with Gasteiger partial charge in [-0.2, -0.15) is 0 Å². The number of rotatable bonds is 4. The summed E-state index contributed by atoms with van der Waals surface area (Å²) in [6.07, 6.45) is 6.69. The van der Waals surface area contributed by atoms with Crippen LogP contribution in [0.4, 0.5) is 22.2 Å². The molecule has 0 fully saturated rings. The maximum absolute atomic E-state index is 12.5. The van der Waals surface area contributed by atoms with E-state index in [4.69, 9.17) is 10.3 Å². The monoisotopic (exact) mass is 417 g/mol. The first-order valence-corrected chi connectivity index (χ1v) is 9.60. The molecule has 0 aromatic carbocycles. The summed E-state index contributed by atoms with van der Waals surface area (Å²) >= 11 is 0. The molecule has 0 aliphatic heterocycles. The van der Waals surface area contributed by atoms with Crippen LogP contribution in [-0.2, 0) is 0 Å². The molecule has 11 heteroatoms. The van der Waals surface area contributed by atoms with Gasteiger partial charge in [-0.15, -0.1) is 0 Å². The number of carbonyl (C=O) groups excluding carboxylic acids is 1. The number of nitrogens with zero attached hydrogens (tertiary/aromatic N) is 5. The zero-order chi connectivity index (χ0) is 21.5. The molecule has 0 aliphatic rings. The Labute approximate surface area is 175 Å². The molecular formula is C20H19N9O2. The highest BCUT2D eigenvalue weighted by molar-refractivity contribution is 6.03. The van der Waals surface area contributed by atoms with Gasteiger partial charge in [-0.1, -0.05) is 19.0 Å². The van der Waals surface area contributed by atoms with E-state index in [0.717, 1.165) is 22.3 Å². The third-order valence-corrected chi connectivity index (χ3v) is 4.93. The van der Waals surface area contributed by atoms with Gasteiger partial charge >= 0.3 is 6.03 Å². The maximum Gasteiger partial charge on any atom is 0.326 e. The molecule has 2 amide bonds. The molecule has 5 aromatic heterocycles. The number of hydrogen-bond acceptors (Lipinski definition) is 7. The van der Waals surface area contributed by atoms with Crippen LogP contribution < -0.4 is 16.4 Å². The van der Waals surface area contributed by atoms with Crippen molar-refractivity contribution in [2.75, 3.05) is 16.4 Å². The van der Waals surface area contributed by atoms with E-state index in [1.54, 1.807) is 24.5 Å². The minimum absolute atomic E-state index is 0.198. The van der Waals surface area contributed by atoms with Crippen molar-refractivity contribution in [2.24, 2.45) is 0 Å². The first-order valence-electron chi connectivity index (χ1n) is 9.60. The fraction of sp³-hybridized carbons (Fsp3) is 0.150. The SMILES string of the molecule is CC(C)c1cc(NC(=O)Nc2ccc(-c3c[nH]c4ncnc(N)c34)n3ccnc23)on1. The van der Waals surface area contributed by atoms with Gasteiger partial charge in [0.2, 0.25) is 5.88 Å². The van der Waals surface area contributed by atoms with Crippen LogP contribution >= 0.6 is 0 Å². The molecule has 156 valence electrons. The minimum Gasteiger partial charge on any atom is -0.383 e. The highest BCUT2D eigenvalue weighted by Gasteiger charge is 2.17. The average molecular weight is 417 g/mol. The third kappa shape index (κ3) is 3.21. The van der Waals surface area contributed by atoms with Crippen LogP contribution in [0.2, 0.25) is 0 Å². The van der Waals surface area contributed by atoms with Crippen LogP contribution in [0.15, 0.2) is 47.6 Å². The van der Waals surface area contributed by atoms with Gasteiger partial charge in [0.05, 0.1) is 22.5 Å². The Morgan fingerprint density at radius 3 is 2.90 bits per heavy atom. The fourth-order valence-corrected chi connectivity index (χ4v) is 3.41. The van der Waals surface area contributed by atoms with E-state index in [0.29, 0.717) is 22.8 Å². The number of hydrogen-bond donors (Lipinski definition) is 4. The first-order chi connectivity index (χ1) is 15.0. The topological polar surface area (TPSA) is 152 Å². The molecule has 0 bridgehead atoms. The van der Waals surface area contributed by atoms with Gasteiger partial charge in [0.25, 0.3) is 0 Å². The Balaban J connectivity index is 1.46. The Kier molecular flexibility index (Phi) is 4.28. The molecule has 0 unspecified atom stereocenters. The Morgan fingerprint density at radius 2 is 2.10 bits per heavy atom. The largest absolute Gasteiger partial charge is 0.383 e. The first kappa shape index (κ1) is 18.6. The minimum atomic E-state index is -0.464. The molecule has 31 heavy (non-hydrogen) atoms. The second-order valence-corrected chi connectivity index (χ2v) is 7.29. The summed E-state index contributed by atoms with van der Waals surface area (Å²) in [5.41, 5.74) is 10.2. The Morgan fingerprint density at radius 1 is 1.23 bits per heavy atom. The van der Waals surface area contributed by atoms with Gasteiger partial charge in [0.1, 0.15) is 17.8 Å². The van der Waals surface area contributed by atoms with Crippen LogP contribution in [0.25, 0.3) is 27.9 Å². The number of pyridine rings is 1. The summed E-state index contributed by atoms with van der Waals surface area (Å²) in [4.78, 5) is 28.3. The van der Waals surface area contributed by atoms with Crippen molar-refractivity contribution >= 4 is 40.1 Å². The van der Waals surface area contributed by atoms with E-state index in [9.17, 15) is 4.79 Å². The molecule has 5 aromatic rings. The van der Waals surface area contributed by atoms with Crippen molar-refractivity contribution in [3.63, 3.8) is 0 Å². The number of imidazole rings is 1. The summed E-state index contributed by atoms with van der Waals surface area (Å²) in [6.45, 7) is 3.98. The molecule has 0 saturated carbocycles. The predicted molar refractivity (Wildman–Crippen MR) is 116 cm³/mol. The second kappa shape index (κ2) is 7.13. The number of nitrogen functional groups attached to an aromatic ring is 1. The number of carbonyl (C=O) groups is 1. The number of urea groups is 1. The number of anilines is 3. The molecule has 5 rings (SSSR count). The zero-order valence-corrected chi connectivity index (χ0v) is 16.7. The third-order valence-electron chi connectivity index (χ3n) is 4.93.